The fraction of sp³-hybridized carbons (Fsp3) is 0.0417. The Kier molecular flexibility index (Phi) is 5.82. The number of carbonyl (C=O) groups excluding carboxylic acids is 2. The minimum Gasteiger partial charge on any atom is -0.478 e. The molecular weight excluding hydrogens is 430 g/mol. The molecule has 0 spiro atoms. The average Bonchev–Trinajstić information content (AvgIpc) is 2.97. The first kappa shape index (κ1) is 21.1. The zero-order valence-corrected chi connectivity index (χ0v) is 18.2. The molecule has 1 N–H and O–H groups in total. The van der Waals surface area contributed by atoms with Gasteiger partial charge in [-0.2, -0.15) is 4.48 Å². The number of carbonyl (C=O) groups is 3. The van der Waals surface area contributed by atoms with Gasteiger partial charge in [0.05, 0.1) is 12.6 Å². The van der Waals surface area contributed by atoms with E-state index in [0.29, 0.717) is 15.5 Å². The second-order valence-corrected chi connectivity index (χ2v) is 9.12. The monoisotopic (exact) mass is 448 g/mol. The summed E-state index contributed by atoms with van der Waals surface area (Å²) in [5, 5.41) is 9.17. The summed E-state index contributed by atoms with van der Waals surface area (Å²) in [6, 6.07) is 24.8. The zero-order chi connectivity index (χ0) is 22.0. The first-order valence-corrected chi connectivity index (χ1v) is 11.0. The third-order valence-electron chi connectivity index (χ3n) is 4.96. The lowest BCUT2D eigenvalue weighted by Crippen LogP contribution is -2.51. The molecule has 3 aromatic rings. The van der Waals surface area contributed by atoms with E-state index in [9.17, 15) is 14.4 Å². The number of carboxylic acid groups (broad SMARTS) is 1. The molecule has 1 aliphatic rings. The van der Waals surface area contributed by atoms with Gasteiger partial charge in [0.2, 0.25) is 0 Å². The van der Waals surface area contributed by atoms with Crippen LogP contribution in [0.2, 0.25) is 0 Å². The van der Waals surface area contributed by atoms with Gasteiger partial charge in [0.25, 0.3) is 0 Å². The van der Waals surface area contributed by atoms with Crippen LogP contribution in [0.1, 0.15) is 10.4 Å². The van der Waals surface area contributed by atoms with Crippen LogP contribution in [0.5, 0.6) is 0 Å². The van der Waals surface area contributed by atoms with Crippen molar-refractivity contribution in [3.8, 4) is 0 Å². The predicted octanol–water partition coefficient (Wildman–Crippen LogP) is 5.18. The van der Waals surface area contributed by atoms with Crippen molar-refractivity contribution in [3.05, 3.63) is 100 Å². The average molecular weight is 449 g/mol. The summed E-state index contributed by atoms with van der Waals surface area (Å²) in [5.74, 6) is -1.73. The highest BCUT2D eigenvalue weighted by molar-refractivity contribution is 8.08. The van der Waals surface area contributed by atoms with Crippen LogP contribution in [0.25, 0.3) is 0 Å². The molecular formula is C24H18NO4S2+. The van der Waals surface area contributed by atoms with E-state index in [-0.39, 0.29) is 17.4 Å². The van der Waals surface area contributed by atoms with Gasteiger partial charge in [-0.1, -0.05) is 59.9 Å². The Bertz CT molecular complexity index is 1130. The first-order chi connectivity index (χ1) is 14.9. The van der Waals surface area contributed by atoms with E-state index < -0.39 is 10.5 Å². The molecule has 31 heavy (non-hydrogen) atoms. The van der Waals surface area contributed by atoms with Crippen LogP contribution in [-0.4, -0.2) is 29.9 Å². The smallest absolute Gasteiger partial charge is 0.366 e. The van der Waals surface area contributed by atoms with E-state index in [1.54, 1.807) is 7.05 Å². The van der Waals surface area contributed by atoms with Crippen molar-refractivity contribution in [2.75, 3.05) is 7.05 Å². The summed E-state index contributed by atoms with van der Waals surface area (Å²) in [7, 11) is 1.56. The van der Waals surface area contributed by atoms with Crippen LogP contribution < -0.4 is 4.48 Å². The van der Waals surface area contributed by atoms with E-state index >= 15 is 0 Å². The zero-order valence-electron chi connectivity index (χ0n) is 16.5. The van der Waals surface area contributed by atoms with E-state index in [4.69, 9.17) is 5.11 Å². The van der Waals surface area contributed by atoms with E-state index in [1.807, 2.05) is 60.7 Å². The molecule has 7 heteroatoms. The maximum absolute atomic E-state index is 13.6. The maximum atomic E-state index is 13.6. The third kappa shape index (κ3) is 3.95. The quantitative estimate of drug-likeness (QED) is 0.414. The largest absolute Gasteiger partial charge is 0.478 e. The molecule has 0 unspecified atom stereocenters. The number of benzene rings is 3. The molecule has 0 aliphatic carbocycles. The number of thioether (sulfide) groups is 2. The Labute approximate surface area is 188 Å². The Hall–Kier alpha value is -3.13. The summed E-state index contributed by atoms with van der Waals surface area (Å²) >= 11 is 2.55. The van der Waals surface area contributed by atoms with Crippen LogP contribution in [-0.2, 0) is 9.59 Å². The van der Waals surface area contributed by atoms with Gasteiger partial charge in [-0.25, -0.2) is 14.4 Å². The molecule has 0 bridgehead atoms. The number of imide groups is 1. The Morgan fingerprint density at radius 2 is 1.13 bits per heavy atom. The van der Waals surface area contributed by atoms with Crippen LogP contribution in [0.15, 0.2) is 105 Å². The van der Waals surface area contributed by atoms with Crippen molar-refractivity contribution in [3.63, 3.8) is 0 Å². The molecule has 0 fully saturated rings. The topological polar surface area (TPSA) is 71.4 Å². The minimum atomic E-state index is -1.06. The summed E-state index contributed by atoms with van der Waals surface area (Å²) < 4.78 is -0.565. The second-order valence-electron chi connectivity index (χ2n) is 6.96. The number of carboxylic acids is 1. The number of aromatic carboxylic acids is 1. The van der Waals surface area contributed by atoms with Crippen LogP contribution in [0, 0.1) is 0 Å². The van der Waals surface area contributed by atoms with Crippen LogP contribution >= 0.6 is 23.5 Å². The van der Waals surface area contributed by atoms with Crippen molar-refractivity contribution >= 4 is 47.0 Å². The third-order valence-corrected chi connectivity index (χ3v) is 7.27. The van der Waals surface area contributed by atoms with Gasteiger partial charge >= 0.3 is 17.8 Å². The highest BCUT2D eigenvalue weighted by atomic mass is 32.2. The fourth-order valence-corrected chi connectivity index (χ4v) is 5.43. The lowest BCUT2D eigenvalue weighted by atomic mass is 10.2. The number of nitrogens with zero attached hydrogens (tertiary/aromatic N) is 1. The number of quaternary nitrogens is 1. The predicted molar refractivity (Wildman–Crippen MR) is 123 cm³/mol. The normalized spacial score (nSPS) is 15.4. The highest BCUT2D eigenvalue weighted by Gasteiger charge is 2.55. The molecule has 4 rings (SSSR count). The molecule has 0 saturated carbocycles. The van der Waals surface area contributed by atoms with Crippen molar-refractivity contribution in [1.82, 2.24) is 4.48 Å². The number of likely N-dealkylation sites (N-methyl/N-ethyl adjacent to an activating group) is 1. The molecule has 2 amide bonds. The Morgan fingerprint density at radius 3 is 1.52 bits per heavy atom. The standard InChI is InChI=1S/C24H17NO4S2/c1-25(17-14-12-16(13-15-17)24(28)29)22(26)20(30-18-8-4-2-5-9-18)21(23(25)27)31-19-10-6-3-7-11-19/h2-15H,1H3/p+1. The summed E-state index contributed by atoms with van der Waals surface area (Å²) in [6.45, 7) is 0. The van der Waals surface area contributed by atoms with E-state index in [1.165, 1.54) is 47.8 Å². The van der Waals surface area contributed by atoms with Crippen molar-refractivity contribution in [1.29, 1.82) is 0 Å². The summed E-state index contributed by atoms with van der Waals surface area (Å²) in [5.41, 5.74) is 0.523. The molecule has 0 aromatic heterocycles. The SMILES string of the molecule is C[N+]1(c2ccc(C(=O)O)cc2)C(=O)C(Sc2ccccc2)=C(Sc2ccccc2)C1=O. The molecule has 3 aromatic carbocycles. The van der Waals surface area contributed by atoms with Gasteiger partial charge in [0, 0.05) is 21.9 Å². The molecule has 0 radical (unpaired) electrons. The molecule has 0 atom stereocenters. The number of amides is 2. The van der Waals surface area contributed by atoms with E-state index in [2.05, 4.69) is 0 Å². The lowest BCUT2D eigenvalue weighted by Gasteiger charge is -2.23. The lowest BCUT2D eigenvalue weighted by molar-refractivity contribution is -0.134. The molecule has 0 saturated heterocycles. The first-order valence-electron chi connectivity index (χ1n) is 9.41. The van der Waals surface area contributed by atoms with E-state index in [0.717, 1.165) is 9.79 Å². The number of hydrogen-bond donors (Lipinski definition) is 1. The molecule has 1 aliphatic heterocycles. The van der Waals surface area contributed by atoms with Crippen molar-refractivity contribution in [2.45, 2.75) is 9.79 Å². The van der Waals surface area contributed by atoms with Gasteiger partial charge in [-0.15, -0.1) is 0 Å². The summed E-state index contributed by atoms with van der Waals surface area (Å²) in [6.07, 6.45) is 0. The molecule has 154 valence electrons. The van der Waals surface area contributed by atoms with Crippen LogP contribution in [0.4, 0.5) is 5.69 Å². The van der Waals surface area contributed by atoms with Gasteiger partial charge in [0.15, 0.2) is 0 Å². The number of rotatable bonds is 6. The van der Waals surface area contributed by atoms with Gasteiger partial charge < -0.3 is 5.11 Å². The minimum absolute atomic E-state index is 0.0974. The second kappa shape index (κ2) is 8.55. The van der Waals surface area contributed by atoms with Gasteiger partial charge in [-0.3, -0.25) is 0 Å². The van der Waals surface area contributed by atoms with Gasteiger partial charge in [0.1, 0.15) is 15.5 Å². The Morgan fingerprint density at radius 1 is 0.710 bits per heavy atom. The Balaban J connectivity index is 1.78. The van der Waals surface area contributed by atoms with Gasteiger partial charge in [-0.05, 0) is 36.4 Å². The van der Waals surface area contributed by atoms with Crippen molar-refractivity contribution < 1.29 is 19.5 Å². The summed E-state index contributed by atoms with van der Waals surface area (Å²) in [4.78, 5) is 40.9. The maximum Gasteiger partial charge on any atom is 0.366 e. The number of hydrogen-bond acceptors (Lipinski definition) is 5. The van der Waals surface area contributed by atoms with Crippen LogP contribution in [0.3, 0.4) is 0 Å². The molecule has 5 nitrogen and oxygen atoms in total. The van der Waals surface area contributed by atoms with Crippen molar-refractivity contribution in [2.24, 2.45) is 0 Å². The highest BCUT2D eigenvalue weighted by Crippen LogP contribution is 2.46. The fourth-order valence-electron chi connectivity index (χ4n) is 3.22. The molecule has 1 heterocycles.